The van der Waals surface area contributed by atoms with Crippen molar-refractivity contribution in [1.29, 1.82) is 0 Å². The lowest BCUT2D eigenvalue weighted by Gasteiger charge is -2.07. The van der Waals surface area contributed by atoms with Crippen LogP contribution in [0.5, 0.6) is 0 Å². The van der Waals surface area contributed by atoms with Crippen molar-refractivity contribution < 1.29 is 12.8 Å². The highest BCUT2D eigenvalue weighted by Crippen LogP contribution is 2.32. The van der Waals surface area contributed by atoms with Crippen molar-refractivity contribution in [3.63, 3.8) is 0 Å². The Morgan fingerprint density at radius 2 is 2.12 bits per heavy atom. The minimum atomic E-state index is -3.88. The van der Waals surface area contributed by atoms with E-state index in [-0.39, 0.29) is 10.8 Å². The van der Waals surface area contributed by atoms with E-state index in [4.69, 9.17) is 0 Å². The maximum atomic E-state index is 13.5. The highest BCUT2D eigenvalue weighted by Gasteiger charge is 2.26. The third kappa shape index (κ3) is 2.40. The van der Waals surface area contributed by atoms with Crippen LogP contribution in [0, 0.1) is 5.82 Å². The van der Waals surface area contributed by atoms with Gasteiger partial charge in [-0.15, -0.1) is 0 Å². The topological polar surface area (TPSA) is 64.0 Å². The van der Waals surface area contributed by atoms with E-state index in [1.165, 1.54) is 22.2 Å². The predicted molar refractivity (Wildman–Crippen MR) is 88.9 cm³/mol. The van der Waals surface area contributed by atoms with Gasteiger partial charge in [0, 0.05) is 30.4 Å². The molecule has 0 radical (unpaired) electrons. The van der Waals surface area contributed by atoms with E-state index < -0.39 is 15.8 Å². The predicted octanol–water partition coefficient (Wildman–Crippen LogP) is 2.49. The van der Waals surface area contributed by atoms with Gasteiger partial charge in [-0.25, -0.2) is 16.8 Å². The van der Waals surface area contributed by atoms with Gasteiger partial charge in [-0.2, -0.15) is 0 Å². The lowest BCUT2D eigenvalue weighted by Crippen LogP contribution is -2.12. The van der Waals surface area contributed by atoms with Gasteiger partial charge in [-0.3, -0.25) is 4.98 Å². The van der Waals surface area contributed by atoms with Crippen molar-refractivity contribution in [3.8, 4) is 0 Å². The van der Waals surface area contributed by atoms with E-state index in [1.54, 1.807) is 24.5 Å². The van der Waals surface area contributed by atoms with Crippen molar-refractivity contribution in [1.82, 2.24) is 14.3 Å². The molecule has 7 heteroatoms. The second-order valence-corrected chi connectivity index (χ2v) is 7.72. The minimum absolute atomic E-state index is 0.0700. The molecule has 0 spiro atoms. The number of hydrogen-bond donors (Lipinski definition) is 1. The molecule has 1 N–H and O–H groups in total. The summed E-state index contributed by atoms with van der Waals surface area (Å²) in [5.74, 6) is -0.350. The number of pyridine rings is 1. The standard InChI is InChI=1S/C17H16FN3O2S/c18-13-3-1-4-14(9-13)24(22,23)21-11-15(12-6-8-19-10-12)17-16(21)5-2-7-20-17/h1-5,7,9,11-12,19H,6,8,10H2/t12-/m1/s1. The zero-order valence-corrected chi connectivity index (χ0v) is 13.6. The quantitative estimate of drug-likeness (QED) is 0.792. The Bertz CT molecular complexity index is 1010. The van der Waals surface area contributed by atoms with Crippen LogP contribution >= 0.6 is 0 Å². The van der Waals surface area contributed by atoms with Crippen molar-refractivity contribution in [2.45, 2.75) is 17.2 Å². The molecule has 0 unspecified atom stereocenters. The summed E-state index contributed by atoms with van der Waals surface area (Å²) in [7, 11) is -3.88. The van der Waals surface area contributed by atoms with Crippen LogP contribution in [-0.2, 0) is 10.0 Å². The maximum absolute atomic E-state index is 13.5. The van der Waals surface area contributed by atoms with Gasteiger partial charge >= 0.3 is 0 Å². The number of hydrogen-bond acceptors (Lipinski definition) is 4. The molecule has 3 heterocycles. The molecule has 1 atom stereocenters. The number of fused-ring (bicyclic) bond motifs is 1. The number of rotatable bonds is 3. The number of nitrogens with one attached hydrogen (secondary N) is 1. The monoisotopic (exact) mass is 345 g/mol. The molecule has 5 nitrogen and oxygen atoms in total. The van der Waals surface area contributed by atoms with Crippen molar-refractivity contribution >= 4 is 21.1 Å². The van der Waals surface area contributed by atoms with Gasteiger partial charge in [-0.1, -0.05) is 6.07 Å². The molecule has 1 aromatic carbocycles. The van der Waals surface area contributed by atoms with Crippen molar-refractivity contribution in [3.05, 3.63) is 60.2 Å². The van der Waals surface area contributed by atoms with Gasteiger partial charge in [0.2, 0.25) is 0 Å². The summed E-state index contributed by atoms with van der Waals surface area (Å²) in [6, 6.07) is 8.49. The average Bonchev–Trinajstić information content (AvgIpc) is 3.22. The highest BCUT2D eigenvalue weighted by molar-refractivity contribution is 7.90. The first-order chi connectivity index (χ1) is 11.6. The molecular weight excluding hydrogens is 329 g/mol. The largest absolute Gasteiger partial charge is 0.316 e. The summed E-state index contributed by atoms with van der Waals surface area (Å²) in [6.45, 7) is 1.70. The van der Waals surface area contributed by atoms with Gasteiger partial charge in [0.15, 0.2) is 0 Å². The van der Waals surface area contributed by atoms with Crippen LogP contribution in [-0.4, -0.2) is 30.5 Å². The van der Waals surface area contributed by atoms with E-state index in [1.807, 2.05) is 0 Å². The van der Waals surface area contributed by atoms with E-state index in [2.05, 4.69) is 10.3 Å². The summed E-state index contributed by atoms with van der Waals surface area (Å²) < 4.78 is 40.7. The van der Waals surface area contributed by atoms with Gasteiger partial charge in [0.1, 0.15) is 5.82 Å². The van der Waals surface area contributed by atoms with Crippen LogP contribution in [0.2, 0.25) is 0 Å². The van der Waals surface area contributed by atoms with Gasteiger partial charge in [-0.05, 0) is 43.3 Å². The lowest BCUT2D eigenvalue weighted by molar-refractivity contribution is 0.584. The number of nitrogens with zero attached hydrogens (tertiary/aromatic N) is 2. The fourth-order valence-corrected chi connectivity index (χ4v) is 4.61. The molecule has 1 fully saturated rings. The van der Waals surface area contributed by atoms with Crippen molar-refractivity contribution in [2.75, 3.05) is 13.1 Å². The third-order valence-electron chi connectivity index (χ3n) is 4.41. The molecule has 1 saturated heterocycles. The van der Waals surface area contributed by atoms with E-state index in [0.29, 0.717) is 11.0 Å². The molecule has 2 aromatic heterocycles. The Balaban J connectivity index is 1.93. The number of aromatic nitrogens is 2. The minimum Gasteiger partial charge on any atom is -0.316 e. The molecule has 3 aromatic rings. The molecule has 124 valence electrons. The van der Waals surface area contributed by atoms with Gasteiger partial charge < -0.3 is 5.32 Å². The second-order valence-electron chi connectivity index (χ2n) is 5.90. The molecule has 1 aliphatic rings. The zero-order valence-electron chi connectivity index (χ0n) is 12.8. The average molecular weight is 345 g/mol. The first-order valence-electron chi connectivity index (χ1n) is 7.75. The summed E-state index contributed by atoms with van der Waals surface area (Å²) in [6.07, 6.45) is 4.23. The summed E-state index contributed by atoms with van der Waals surface area (Å²) in [4.78, 5) is 4.31. The summed E-state index contributed by atoms with van der Waals surface area (Å²) in [5.41, 5.74) is 2.12. The van der Waals surface area contributed by atoms with Gasteiger partial charge in [0.05, 0.1) is 15.9 Å². The van der Waals surface area contributed by atoms with E-state index in [0.717, 1.165) is 31.1 Å². The normalized spacial score (nSPS) is 18.3. The Kier molecular flexibility index (Phi) is 3.62. The SMILES string of the molecule is O=S(=O)(c1cccc(F)c1)n1cc([C@@H]2CCNC2)c2ncccc21. The van der Waals surface area contributed by atoms with Crippen molar-refractivity contribution in [2.24, 2.45) is 0 Å². The summed E-state index contributed by atoms with van der Waals surface area (Å²) in [5, 5.41) is 3.29. The number of halogens is 1. The summed E-state index contributed by atoms with van der Waals surface area (Å²) >= 11 is 0. The molecule has 0 bridgehead atoms. The van der Waals surface area contributed by atoms with Crippen LogP contribution in [0.25, 0.3) is 11.0 Å². The molecule has 1 aliphatic heterocycles. The first kappa shape index (κ1) is 15.3. The van der Waals surface area contributed by atoms with Crippen LogP contribution in [0.1, 0.15) is 17.9 Å². The third-order valence-corrected chi connectivity index (χ3v) is 6.08. The van der Waals surface area contributed by atoms with E-state index in [9.17, 15) is 12.8 Å². The van der Waals surface area contributed by atoms with Crippen LogP contribution in [0.15, 0.2) is 53.7 Å². The molecule has 0 aliphatic carbocycles. The molecule has 4 rings (SSSR count). The Morgan fingerprint density at radius 1 is 1.25 bits per heavy atom. The van der Waals surface area contributed by atoms with Crippen LogP contribution in [0.4, 0.5) is 4.39 Å². The Hall–Kier alpha value is -2.25. The molecular formula is C17H16FN3O2S. The fraction of sp³-hybridized carbons (Fsp3) is 0.235. The number of benzene rings is 1. The molecule has 24 heavy (non-hydrogen) atoms. The highest BCUT2D eigenvalue weighted by atomic mass is 32.2. The Morgan fingerprint density at radius 3 is 2.88 bits per heavy atom. The van der Waals surface area contributed by atoms with Gasteiger partial charge in [0.25, 0.3) is 10.0 Å². The smallest absolute Gasteiger partial charge is 0.268 e. The maximum Gasteiger partial charge on any atom is 0.268 e. The molecule has 0 amide bonds. The lowest BCUT2D eigenvalue weighted by atomic mass is 10.0. The fourth-order valence-electron chi connectivity index (χ4n) is 3.21. The first-order valence-corrected chi connectivity index (χ1v) is 9.19. The molecule has 0 saturated carbocycles. The second kappa shape index (κ2) is 5.68. The Labute approximate surface area is 139 Å². The van der Waals surface area contributed by atoms with Crippen LogP contribution in [0.3, 0.4) is 0 Å². The van der Waals surface area contributed by atoms with E-state index >= 15 is 0 Å². The zero-order chi connectivity index (χ0) is 16.7. The van der Waals surface area contributed by atoms with Crippen LogP contribution < -0.4 is 5.32 Å².